The molecular weight excluding hydrogens is 188 g/mol. The number of aromatic amines is 1. The predicted molar refractivity (Wildman–Crippen MR) is 57.1 cm³/mol. The maximum Gasteiger partial charge on any atom is 0.117 e. The van der Waals surface area contributed by atoms with Crippen LogP contribution in [0.15, 0.2) is 42.9 Å². The second-order valence-corrected chi connectivity index (χ2v) is 3.22. The van der Waals surface area contributed by atoms with Gasteiger partial charge in [0, 0.05) is 5.56 Å². The van der Waals surface area contributed by atoms with E-state index in [1.807, 2.05) is 30.3 Å². The van der Waals surface area contributed by atoms with Gasteiger partial charge in [-0.3, -0.25) is 5.10 Å². The number of H-pyrrole nitrogens is 1. The summed E-state index contributed by atoms with van der Waals surface area (Å²) >= 11 is 0. The largest absolute Gasteiger partial charge is 0.274 e. The van der Waals surface area contributed by atoms with Crippen molar-refractivity contribution in [3.05, 3.63) is 42.9 Å². The average Bonchev–Trinajstić information content (AvgIpc) is 2.78. The van der Waals surface area contributed by atoms with E-state index < -0.39 is 0 Å². The number of rotatable bonds is 1. The van der Waals surface area contributed by atoms with Gasteiger partial charge in [-0.15, -0.1) is 0 Å². The average molecular weight is 196 g/mol. The zero-order chi connectivity index (χ0) is 10.1. The van der Waals surface area contributed by atoms with Gasteiger partial charge in [0.2, 0.25) is 0 Å². The van der Waals surface area contributed by atoms with Crippen LogP contribution in [0.5, 0.6) is 0 Å². The molecule has 0 amide bonds. The first kappa shape index (κ1) is 8.11. The molecule has 2 aromatic heterocycles. The van der Waals surface area contributed by atoms with Crippen LogP contribution >= 0.6 is 0 Å². The fraction of sp³-hybridized carbons (Fsp3) is 0. The highest BCUT2D eigenvalue weighted by Crippen LogP contribution is 2.22. The van der Waals surface area contributed by atoms with Crippen molar-refractivity contribution in [2.24, 2.45) is 0 Å². The lowest BCUT2D eigenvalue weighted by molar-refractivity contribution is 1.11. The van der Waals surface area contributed by atoms with Crippen molar-refractivity contribution in [1.82, 2.24) is 20.2 Å². The van der Waals surface area contributed by atoms with Crippen LogP contribution in [0, 0.1) is 0 Å². The Morgan fingerprint density at radius 2 is 1.87 bits per heavy atom. The molecule has 72 valence electrons. The van der Waals surface area contributed by atoms with Crippen LogP contribution in [0.25, 0.3) is 22.3 Å². The van der Waals surface area contributed by atoms with Crippen LogP contribution in [0.3, 0.4) is 0 Å². The summed E-state index contributed by atoms with van der Waals surface area (Å²) in [6.07, 6.45) is 3.25. The number of hydrogen-bond donors (Lipinski definition) is 1. The standard InChI is InChI=1S/C11H8N4/c1-2-4-8(5-3-1)10-11-9(6-14-15-11)12-7-13-10/h1-7H,(H,14,15). The molecule has 0 fully saturated rings. The minimum Gasteiger partial charge on any atom is -0.274 e. The Balaban J connectivity index is 2.31. The van der Waals surface area contributed by atoms with Crippen molar-refractivity contribution in [1.29, 1.82) is 0 Å². The Kier molecular flexibility index (Phi) is 1.71. The second kappa shape index (κ2) is 3.16. The SMILES string of the molecule is c1ccc(-c2ncnc3cn[nH]c23)cc1. The first-order valence-electron chi connectivity index (χ1n) is 4.64. The highest BCUT2D eigenvalue weighted by atomic mass is 15.1. The molecule has 15 heavy (non-hydrogen) atoms. The Morgan fingerprint density at radius 1 is 1.00 bits per heavy atom. The summed E-state index contributed by atoms with van der Waals surface area (Å²) in [6, 6.07) is 9.99. The highest BCUT2D eigenvalue weighted by molar-refractivity contribution is 5.87. The first-order valence-corrected chi connectivity index (χ1v) is 4.64. The topological polar surface area (TPSA) is 54.5 Å². The van der Waals surface area contributed by atoms with Gasteiger partial charge in [0.25, 0.3) is 0 Å². The van der Waals surface area contributed by atoms with Gasteiger partial charge in [0.1, 0.15) is 17.4 Å². The van der Waals surface area contributed by atoms with Crippen molar-refractivity contribution in [3.8, 4) is 11.3 Å². The maximum atomic E-state index is 4.27. The molecule has 1 N–H and O–H groups in total. The number of fused-ring (bicyclic) bond motifs is 1. The van der Waals surface area contributed by atoms with Gasteiger partial charge in [-0.05, 0) is 0 Å². The third kappa shape index (κ3) is 1.27. The number of hydrogen-bond acceptors (Lipinski definition) is 3. The molecule has 0 radical (unpaired) electrons. The third-order valence-electron chi connectivity index (χ3n) is 2.29. The zero-order valence-electron chi connectivity index (χ0n) is 7.88. The lowest BCUT2D eigenvalue weighted by atomic mass is 10.1. The molecular formula is C11H8N4. The minimum absolute atomic E-state index is 0.837. The van der Waals surface area contributed by atoms with Crippen molar-refractivity contribution in [2.75, 3.05) is 0 Å². The Labute approximate surface area is 86.0 Å². The monoisotopic (exact) mass is 196 g/mol. The van der Waals surface area contributed by atoms with E-state index in [4.69, 9.17) is 0 Å². The molecule has 0 aliphatic rings. The molecule has 1 aromatic carbocycles. The molecule has 2 heterocycles. The smallest absolute Gasteiger partial charge is 0.117 e. The molecule has 0 aliphatic heterocycles. The van der Waals surface area contributed by atoms with Crippen molar-refractivity contribution < 1.29 is 0 Å². The summed E-state index contributed by atoms with van der Waals surface area (Å²) in [5.74, 6) is 0. The van der Waals surface area contributed by atoms with Crippen LogP contribution in [0.1, 0.15) is 0 Å². The molecule has 0 saturated carbocycles. The van der Waals surface area contributed by atoms with Gasteiger partial charge in [-0.2, -0.15) is 5.10 Å². The zero-order valence-corrected chi connectivity index (χ0v) is 7.88. The summed E-state index contributed by atoms with van der Waals surface area (Å²) in [4.78, 5) is 8.39. The molecule has 3 aromatic rings. The molecule has 0 spiro atoms. The first-order chi connectivity index (χ1) is 7.45. The Morgan fingerprint density at radius 3 is 2.73 bits per heavy atom. The van der Waals surface area contributed by atoms with Crippen LogP contribution in [-0.4, -0.2) is 20.2 Å². The van der Waals surface area contributed by atoms with E-state index in [0.717, 1.165) is 22.3 Å². The van der Waals surface area contributed by atoms with E-state index in [1.165, 1.54) is 0 Å². The van der Waals surface area contributed by atoms with E-state index in [-0.39, 0.29) is 0 Å². The van der Waals surface area contributed by atoms with E-state index >= 15 is 0 Å². The predicted octanol–water partition coefficient (Wildman–Crippen LogP) is 2.02. The fourth-order valence-electron chi connectivity index (χ4n) is 1.58. The van der Waals surface area contributed by atoms with E-state index in [0.29, 0.717) is 0 Å². The Bertz CT molecular complexity index is 586. The second-order valence-electron chi connectivity index (χ2n) is 3.22. The van der Waals surface area contributed by atoms with Crippen LogP contribution in [0.4, 0.5) is 0 Å². The number of nitrogens with zero attached hydrogens (tertiary/aromatic N) is 3. The van der Waals surface area contributed by atoms with Crippen molar-refractivity contribution >= 4 is 11.0 Å². The van der Waals surface area contributed by atoms with Crippen LogP contribution in [0.2, 0.25) is 0 Å². The molecule has 0 bridgehead atoms. The van der Waals surface area contributed by atoms with Crippen LogP contribution in [-0.2, 0) is 0 Å². The van der Waals surface area contributed by atoms with Crippen LogP contribution < -0.4 is 0 Å². The molecule has 3 rings (SSSR count). The maximum absolute atomic E-state index is 4.27. The van der Waals surface area contributed by atoms with Gasteiger partial charge < -0.3 is 0 Å². The van der Waals surface area contributed by atoms with Gasteiger partial charge in [0.05, 0.1) is 11.9 Å². The van der Waals surface area contributed by atoms with Gasteiger partial charge in [-0.1, -0.05) is 30.3 Å². The summed E-state index contributed by atoms with van der Waals surface area (Å²) in [5.41, 5.74) is 3.67. The number of nitrogens with one attached hydrogen (secondary N) is 1. The van der Waals surface area contributed by atoms with Crippen molar-refractivity contribution in [2.45, 2.75) is 0 Å². The molecule has 4 nitrogen and oxygen atoms in total. The lowest BCUT2D eigenvalue weighted by Gasteiger charge is -2.00. The summed E-state index contributed by atoms with van der Waals surface area (Å²) in [7, 11) is 0. The number of benzene rings is 1. The van der Waals surface area contributed by atoms with E-state index in [9.17, 15) is 0 Å². The summed E-state index contributed by atoms with van der Waals surface area (Å²) < 4.78 is 0. The minimum atomic E-state index is 0.837. The normalized spacial score (nSPS) is 10.7. The van der Waals surface area contributed by atoms with Crippen molar-refractivity contribution in [3.63, 3.8) is 0 Å². The molecule has 4 heteroatoms. The number of aromatic nitrogens is 4. The van der Waals surface area contributed by atoms with Gasteiger partial charge in [0.15, 0.2) is 0 Å². The van der Waals surface area contributed by atoms with Gasteiger partial charge >= 0.3 is 0 Å². The van der Waals surface area contributed by atoms with E-state index in [2.05, 4.69) is 20.2 Å². The third-order valence-corrected chi connectivity index (χ3v) is 2.29. The summed E-state index contributed by atoms with van der Waals surface area (Å²) in [5, 5.41) is 6.87. The fourth-order valence-corrected chi connectivity index (χ4v) is 1.58. The summed E-state index contributed by atoms with van der Waals surface area (Å²) in [6.45, 7) is 0. The highest BCUT2D eigenvalue weighted by Gasteiger charge is 2.06. The quantitative estimate of drug-likeness (QED) is 0.647. The van der Waals surface area contributed by atoms with Gasteiger partial charge in [-0.25, -0.2) is 9.97 Å². The Hall–Kier alpha value is -2.23. The molecule has 0 aliphatic carbocycles. The lowest BCUT2D eigenvalue weighted by Crippen LogP contribution is -1.87. The van der Waals surface area contributed by atoms with E-state index in [1.54, 1.807) is 12.5 Å². The molecule has 0 unspecified atom stereocenters. The molecule has 0 saturated heterocycles. The molecule has 0 atom stereocenters.